The van der Waals surface area contributed by atoms with Crippen molar-refractivity contribution in [3.63, 3.8) is 0 Å². The second-order valence-corrected chi connectivity index (χ2v) is 7.07. The van der Waals surface area contributed by atoms with Crippen LogP contribution in [0, 0.1) is 0 Å². The molecule has 3 atom stereocenters. The van der Waals surface area contributed by atoms with E-state index in [2.05, 4.69) is 10.2 Å². The van der Waals surface area contributed by atoms with Crippen LogP contribution < -0.4 is 5.32 Å². The van der Waals surface area contributed by atoms with Crippen LogP contribution in [0.2, 0.25) is 0 Å². The van der Waals surface area contributed by atoms with Crippen LogP contribution in [0.15, 0.2) is 0 Å². The number of hydrogen-bond acceptors (Lipinski definition) is 4. The molecule has 3 heterocycles. The lowest BCUT2D eigenvalue weighted by molar-refractivity contribution is 0.0586. The number of fused-ring (bicyclic) bond motifs is 1. The molecule has 3 rings (SSSR count). The van der Waals surface area contributed by atoms with Crippen LogP contribution >= 0.6 is 11.8 Å². The zero-order valence-corrected chi connectivity index (χ0v) is 11.3. The highest BCUT2D eigenvalue weighted by molar-refractivity contribution is 7.99. The molecule has 2 N–H and O–H groups in total. The van der Waals surface area contributed by atoms with Crippen molar-refractivity contribution < 1.29 is 5.11 Å². The summed E-state index contributed by atoms with van der Waals surface area (Å²) in [5, 5.41) is 13.9. The fourth-order valence-electron chi connectivity index (χ4n) is 3.48. The van der Waals surface area contributed by atoms with E-state index < -0.39 is 5.60 Å². The molecule has 3 fully saturated rings. The van der Waals surface area contributed by atoms with Gasteiger partial charge < -0.3 is 15.3 Å². The molecule has 3 saturated heterocycles. The monoisotopic (exact) mass is 256 g/mol. The molecule has 0 aromatic carbocycles. The molecule has 98 valence electrons. The van der Waals surface area contributed by atoms with Gasteiger partial charge in [-0.25, -0.2) is 0 Å². The number of thioether (sulfide) groups is 1. The Kier molecular flexibility index (Phi) is 3.67. The number of piperidine rings is 1. The van der Waals surface area contributed by atoms with E-state index in [0.717, 1.165) is 30.5 Å². The maximum Gasteiger partial charge on any atom is 0.0869 e. The third-order valence-corrected chi connectivity index (χ3v) is 5.86. The summed E-state index contributed by atoms with van der Waals surface area (Å²) in [7, 11) is 0. The first-order valence-electron chi connectivity index (χ1n) is 7.03. The number of nitrogens with one attached hydrogen (secondary N) is 1. The Morgan fingerprint density at radius 2 is 2.29 bits per heavy atom. The van der Waals surface area contributed by atoms with E-state index in [1.165, 1.54) is 38.8 Å². The summed E-state index contributed by atoms with van der Waals surface area (Å²) in [5.74, 6) is 2.04. The zero-order valence-electron chi connectivity index (χ0n) is 10.5. The minimum Gasteiger partial charge on any atom is -0.388 e. The van der Waals surface area contributed by atoms with Crippen LogP contribution in [0.4, 0.5) is 0 Å². The maximum atomic E-state index is 10.3. The quantitative estimate of drug-likeness (QED) is 0.792. The lowest BCUT2D eigenvalue weighted by Gasteiger charge is -2.36. The molecule has 0 spiro atoms. The third kappa shape index (κ3) is 2.80. The molecule has 4 heteroatoms. The van der Waals surface area contributed by atoms with Gasteiger partial charge in [-0.05, 0) is 50.9 Å². The number of hydrogen-bond donors (Lipinski definition) is 2. The van der Waals surface area contributed by atoms with Crippen molar-refractivity contribution in [2.75, 3.05) is 31.1 Å². The van der Waals surface area contributed by atoms with Crippen molar-refractivity contribution >= 4 is 11.8 Å². The highest BCUT2D eigenvalue weighted by Gasteiger charge is 2.35. The molecular weight excluding hydrogens is 232 g/mol. The van der Waals surface area contributed by atoms with Gasteiger partial charge in [0.25, 0.3) is 0 Å². The maximum absolute atomic E-state index is 10.3. The number of nitrogens with zero attached hydrogens (tertiary/aromatic N) is 1. The van der Waals surface area contributed by atoms with Crippen LogP contribution in [-0.2, 0) is 0 Å². The van der Waals surface area contributed by atoms with Gasteiger partial charge in [0, 0.05) is 24.4 Å². The Morgan fingerprint density at radius 3 is 3.12 bits per heavy atom. The number of aliphatic hydroxyl groups is 1. The molecule has 0 aromatic rings. The largest absolute Gasteiger partial charge is 0.388 e. The van der Waals surface area contributed by atoms with E-state index in [1.54, 1.807) is 0 Å². The summed E-state index contributed by atoms with van der Waals surface area (Å²) in [6.45, 7) is 3.38. The molecule has 0 amide bonds. The molecule has 17 heavy (non-hydrogen) atoms. The van der Waals surface area contributed by atoms with Crippen LogP contribution in [0.5, 0.6) is 0 Å². The molecular formula is C13H24N2OS. The lowest BCUT2D eigenvalue weighted by atomic mass is 9.96. The van der Waals surface area contributed by atoms with E-state index in [0.29, 0.717) is 6.04 Å². The SMILES string of the molecule is O[C@]1(CN[C@@H]2CCN3CCC[C@H]3C2)CCSC1. The fourth-order valence-corrected chi connectivity index (χ4v) is 4.77. The summed E-state index contributed by atoms with van der Waals surface area (Å²) in [5.41, 5.74) is -0.419. The molecule has 0 aliphatic carbocycles. The Hall–Kier alpha value is 0.230. The first-order chi connectivity index (χ1) is 8.25. The van der Waals surface area contributed by atoms with Gasteiger partial charge in [0.2, 0.25) is 0 Å². The summed E-state index contributed by atoms with van der Waals surface area (Å²) >= 11 is 1.88. The second kappa shape index (κ2) is 5.08. The molecule has 0 unspecified atom stereocenters. The van der Waals surface area contributed by atoms with E-state index in [9.17, 15) is 5.11 Å². The average Bonchev–Trinajstić information content (AvgIpc) is 2.95. The van der Waals surface area contributed by atoms with Crippen molar-refractivity contribution in [3.05, 3.63) is 0 Å². The van der Waals surface area contributed by atoms with E-state index in [-0.39, 0.29) is 0 Å². The number of rotatable bonds is 3. The van der Waals surface area contributed by atoms with E-state index >= 15 is 0 Å². The van der Waals surface area contributed by atoms with Crippen molar-refractivity contribution in [2.24, 2.45) is 0 Å². The topological polar surface area (TPSA) is 35.5 Å². The molecule has 3 nitrogen and oxygen atoms in total. The van der Waals surface area contributed by atoms with E-state index in [4.69, 9.17) is 0 Å². The van der Waals surface area contributed by atoms with Gasteiger partial charge in [-0.3, -0.25) is 0 Å². The smallest absolute Gasteiger partial charge is 0.0869 e. The molecule has 0 saturated carbocycles. The minimum atomic E-state index is -0.419. The van der Waals surface area contributed by atoms with Gasteiger partial charge >= 0.3 is 0 Å². The Balaban J connectivity index is 1.46. The average molecular weight is 256 g/mol. The molecule has 3 aliphatic heterocycles. The van der Waals surface area contributed by atoms with Gasteiger partial charge in [-0.2, -0.15) is 11.8 Å². The molecule has 0 bridgehead atoms. The van der Waals surface area contributed by atoms with Gasteiger partial charge in [0.05, 0.1) is 5.60 Å². The highest BCUT2D eigenvalue weighted by atomic mass is 32.2. The highest BCUT2D eigenvalue weighted by Crippen LogP contribution is 2.29. The van der Waals surface area contributed by atoms with Crippen molar-refractivity contribution in [3.8, 4) is 0 Å². The summed E-state index contributed by atoms with van der Waals surface area (Å²) in [4.78, 5) is 2.65. The van der Waals surface area contributed by atoms with Crippen LogP contribution in [0.3, 0.4) is 0 Å². The molecule has 0 aromatic heterocycles. The predicted molar refractivity (Wildman–Crippen MR) is 72.5 cm³/mol. The summed E-state index contributed by atoms with van der Waals surface area (Å²) in [6, 6.07) is 1.47. The normalized spacial score (nSPS) is 42.9. The fraction of sp³-hybridized carbons (Fsp3) is 1.00. The van der Waals surface area contributed by atoms with Crippen LogP contribution in [0.25, 0.3) is 0 Å². The Labute approximate surface area is 108 Å². The van der Waals surface area contributed by atoms with Crippen LogP contribution in [-0.4, -0.2) is 58.8 Å². The predicted octanol–water partition coefficient (Wildman–Crippen LogP) is 1.07. The van der Waals surface area contributed by atoms with Crippen molar-refractivity contribution in [1.29, 1.82) is 0 Å². The van der Waals surface area contributed by atoms with Gasteiger partial charge in [-0.15, -0.1) is 0 Å². The summed E-state index contributed by atoms with van der Waals surface area (Å²) < 4.78 is 0. The second-order valence-electron chi connectivity index (χ2n) is 5.96. The Bertz CT molecular complexity index is 268. The van der Waals surface area contributed by atoms with Gasteiger partial charge in [-0.1, -0.05) is 0 Å². The zero-order chi connectivity index (χ0) is 11.7. The molecule has 0 radical (unpaired) electrons. The van der Waals surface area contributed by atoms with Gasteiger partial charge in [0.15, 0.2) is 0 Å². The van der Waals surface area contributed by atoms with Gasteiger partial charge in [0.1, 0.15) is 0 Å². The third-order valence-electron chi connectivity index (χ3n) is 4.62. The standard InChI is InChI=1S/C13H24N2OS/c16-13(4-7-17-10-13)9-14-11-3-6-15-5-1-2-12(15)8-11/h11-12,14,16H,1-10H2/t11-,12+,13+/m1/s1. The lowest BCUT2D eigenvalue weighted by Crippen LogP contribution is -2.50. The Morgan fingerprint density at radius 1 is 1.35 bits per heavy atom. The van der Waals surface area contributed by atoms with Crippen LogP contribution in [0.1, 0.15) is 32.1 Å². The minimum absolute atomic E-state index is 0.419. The molecule has 3 aliphatic rings. The van der Waals surface area contributed by atoms with E-state index in [1.807, 2.05) is 11.8 Å². The first-order valence-corrected chi connectivity index (χ1v) is 8.18. The first kappa shape index (κ1) is 12.3. The van der Waals surface area contributed by atoms with Crippen molar-refractivity contribution in [2.45, 2.75) is 49.8 Å². The van der Waals surface area contributed by atoms with Crippen molar-refractivity contribution in [1.82, 2.24) is 10.2 Å². The summed E-state index contributed by atoms with van der Waals surface area (Å²) in [6.07, 6.45) is 6.30.